The van der Waals surface area contributed by atoms with E-state index in [4.69, 9.17) is 0 Å². The molecule has 3 heteroatoms. The summed E-state index contributed by atoms with van der Waals surface area (Å²) in [6.45, 7) is 6.39. The van der Waals surface area contributed by atoms with Crippen molar-refractivity contribution in [2.45, 2.75) is 52.0 Å². The van der Waals surface area contributed by atoms with Gasteiger partial charge in [-0.3, -0.25) is 4.99 Å². The van der Waals surface area contributed by atoms with E-state index in [1.807, 2.05) is 0 Å². The SMILES string of the molecule is CCCCCCC(C)NC1=NCCN1. The van der Waals surface area contributed by atoms with Crippen molar-refractivity contribution in [3.8, 4) is 0 Å². The number of guanidine groups is 1. The van der Waals surface area contributed by atoms with Crippen LogP contribution in [0, 0.1) is 0 Å². The number of rotatable bonds is 6. The second-order valence-corrected chi connectivity index (χ2v) is 4.05. The van der Waals surface area contributed by atoms with Gasteiger partial charge in [0.05, 0.1) is 6.54 Å². The summed E-state index contributed by atoms with van der Waals surface area (Å²) in [6, 6.07) is 0.552. The molecule has 3 nitrogen and oxygen atoms in total. The van der Waals surface area contributed by atoms with Gasteiger partial charge in [0.15, 0.2) is 5.96 Å². The van der Waals surface area contributed by atoms with Crippen LogP contribution in [0.2, 0.25) is 0 Å². The number of unbranched alkanes of at least 4 members (excludes halogenated alkanes) is 3. The molecule has 0 spiro atoms. The van der Waals surface area contributed by atoms with Gasteiger partial charge in [0.2, 0.25) is 0 Å². The summed E-state index contributed by atoms with van der Waals surface area (Å²) in [5.41, 5.74) is 0. The number of hydrogen-bond acceptors (Lipinski definition) is 3. The Kier molecular flexibility index (Phi) is 5.42. The summed E-state index contributed by atoms with van der Waals surface area (Å²) in [7, 11) is 0. The van der Waals surface area contributed by atoms with Gasteiger partial charge in [0.1, 0.15) is 0 Å². The van der Waals surface area contributed by atoms with E-state index in [9.17, 15) is 0 Å². The van der Waals surface area contributed by atoms with Gasteiger partial charge in [-0.25, -0.2) is 0 Å². The van der Waals surface area contributed by atoms with Crippen molar-refractivity contribution in [3.63, 3.8) is 0 Å². The Hall–Kier alpha value is -0.730. The standard InChI is InChI=1S/C11H23N3/c1-3-4-5-6-7-10(2)14-11-12-8-9-13-11/h10H,3-9H2,1-2H3,(H2,12,13,14). The van der Waals surface area contributed by atoms with Gasteiger partial charge < -0.3 is 10.6 Å². The Bertz CT molecular complexity index is 177. The molecule has 2 N–H and O–H groups in total. The van der Waals surface area contributed by atoms with E-state index in [1.54, 1.807) is 0 Å². The van der Waals surface area contributed by atoms with Gasteiger partial charge in [-0.15, -0.1) is 0 Å². The lowest BCUT2D eigenvalue weighted by Crippen LogP contribution is -2.39. The molecule has 0 amide bonds. The first-order valence-electron chi connectivity index (χ1n) is 5.87. The van der Waals surface area contributed by atoms with Crippen LogP contribution in [0.5, 0.6) is 0 Å². The minimum atomic E-state index is 0.552. The molecule has 0 aromatic rings. The molecular formula is C11H23N3. The Morgan fingerprint density at radius 1 is 1.43 bits per heavy atom. The highest BCUT2D eigenvalue weighted by molar-refractivity contribution is 5.81. The molecule has 0 bridgehead atoms. The third kappa shape index (κ3) is 4.49. The highest BCUT2D eigenvalue weighted by Crippen LogP contribution is 2.05. The van der Waals surface area contributed by atoms with Gasteiger partial charge in [0.25, 0.3) is 0 Å². The van der Waals surface area contributed by atoms with Crippen LogP contribution in [0.15, 0.2) is 4.99 Å². The minimum Gasteiger partial charge on any atom is -0.355 e. The first-order valence-corrected chi connectivity index (χ1v) is 5.87. The molecule has 1 aliphatic rings. The summed E-state index contributed by atoms with van der Waals surface area (Å²) >= 11 is 0. The summed E-state index contributed by atoms with van der Waals surface area (Å²) in [5.74, 6) is 0.994. The normalized spacial score (nSPS) is 17.4. The average Bonchev–Trinajstić information content (AvgIpc) is 2.65. The monoisotopic (exact) mass is 197 g/mol. The maximum absolute atomic E-state index is 4.31. The molecule has 1 unspecified atom stereocenters. The maximum Gasteiger partial charge on any atom is 0.191 e. The highest BCUT2D eigenvalue weighted by atomic mass is 15.2. The molecule has 0 aliphatic carbocycles. The molecule has 0 fully saturated rings. The molecule has 1 aliphatic heterocycles. The zero-order valence-electron chi connectivity index (χ0n) is 9.47. The zero-order valence-corrected chi connectivity index (χ0v) is 9.47. The number of aliphatic imine (C=N–C) groups is 1. The molecule has 0 aromatic heterocycles. The number of nitrogens with one attached hydrogen (secondary N) is 2. The molecule has 1 heterocycles. The van der Waals surface area contributed by atoms with Gasteiger partial charge in [-0.1, -0.05) is 32.6 Å². The van der Waals surface area contributed by atoms with Gasteiger partial charge >= 0.3 is 0 Å². The second kappa shape index (κ2) is 6.68. The van der Waals surface area contributed by atoms with Crippen LogP contribution in [0.4, 0.5) is 0 Å². The van der Waals surface area contributed by atoms with Crippen LogP contribution in [0.3, 0.4) is 0 Å². The van der Waals surface area contributed by atoms with Crippen LogP contribution in [-0.2, 0) is 0 Å². The van der Waals surface area contributed by atoms with E-state index in [0.29, 0.717) is 6.04 Å². The highest BCUT2D eigenvalue weighted by Gasteiger charge is 2.07. The molecule has 0 saturated carbocycles. The predicted octanol–water partition coefficient (Wildman–Crippen LogP) is 1.89. The lowest BCUT2D eigenvalue weighted by Gasteiger charge is -2.14. The quantitative estimate of drug-likeness (QED) is 0.638. The predicted molar refractivity (Wildman–Crippen MR) is 61.7 cm³/mol. The van der Waals surface area contributed by atoms with Crippen molar-refractivity contribution < 1.29 is 0 Å². The minimum absolute atomic E-state index is 0.552. The number of hydrogen-bond donors (Lipinski definition) is 2. The summed E-state index contributed by atoms with van der Waals surface area (Å²) in [4.78, 5) is 4.31. The molecule has 82 valence electrons. The Labute approximate surface area is 87.4 Å². The Morgan fingerprint density at radius 2 is 2.29 bits per heavy atom. The average molecular weight is 197 g/mol. The van der Waals surface area contributed by atoms with E-state index in [-0.39, 0.29) is 0 Å². The van der Waals surface area contributed by atoms with Crippen molar-refractivity contribution in [1.29, 1.82) is 0 Å². The lowest BCUT2D eigenvalue weighted by molar-refractivity contribution is 0.540. The second-order valence-electron chi connectivity index (χ2n) is 4.05. The fraction of sp³-hybridized carbons (Fsp3) is 0.909. The van der Waals surface area contributed by atoms with Crippen LogP contribution in [0.25, 0.3) is 0 Å². The third-order valence-corrected chi connectivity index (χ3v) is 2.55. The summed E-state index contributed by atoms with van der Waals surface area (Å²) in [5, 5.41) is 6.62. The molecular weight excluding hydrogens is 174 g/mol. The third-order valence-electron chi connectivity index (χ3n) is 2.55. The summed E-state index contributed by atoms with van der Waals surface area (Å²) < 4.78 is 0. The van der Waals surface area contributed by atoms with Gasteiger partial charge in [-0.2, -0.15) is 0 Å². The maximum atomic E-state index is 4.31. The smallest absolute Gasteiger partial charge is 0.191 e. The molecule has 1 atom stereocenters. The van der Waals surface area contributed by atoms with E-state index >= 15 is 0 Å². The van der Waals surface area contributed by atoms with E-state index in [1.165, 1.54) is 32.1 Å². The molecule has 0 saturated heterocycles. The van der Waals surface area contributed by atoms with Crippen molar-refractivity contribution in [2.75, 3.05) is 13.1 Å². The fourth-order valence-electron chi connectivity index (χ4n) is 1.68. The lowest BCUT2D eigenvalue weighted by atomic mass is 10.1. The zero-order chi connectivity index (χ0) is 10.2. The van der Waals surface area contributed by atoms with Crippen LogP contribution < -0.4 is 10.6 Å². The summed E-state index contributed by atoms with van der Waals surface area (Å²) in [6.07, 6.45) is 6.63. The molecule has 0 aromatic carbocycles. The van der Waals surface area contributed by atoms with Gasteiger partial charge in [0, 0.05) is 12.6 Å². The van der Waals surface area contributed by atoms with Crippen molar-refractivity contribution in [1.82, 2.24) is 10.6 Å². The van der Waals surface area contributed by atoms with Crippen molar-refractivity contribution >= 4 is 5.96 Å². The first kappa shape index (κ1) is 11.3. The van der Waals surface area contributed by atoms with E-state index in [0.717, 1.165) is 19.0 Å². The molecule has 14 heavy (non-hydrogen) atoms. The van der Waals surface area contributed by atoms with Crippen molar-refractivity contribution in [3.05, 3.63) is 0 Å². The topological polar surface area (TPSA) is 36.4 Å². The first-order chi connectivity index (χ1) is 6.83. The Morgan fingerprint density at radius 3 is 2.93 bits per heavy atom. The van der Waals surface area contributed by atoms with Crippen LogP contribution in [0.1, 0.15) is 46.0 Å². The number of nitrogens with zero attached hydrogens (tertiary/aromatic N) is 1. The van der Waals surface area contributed by atoms with Crippen molar-refractivity contribution in [2.24, 2.45) is 4.99 Å². The van der Waals surface area contributed by atoms with Crippen LogP contribution >= 0.6 is 0 Å². The largest absolute Gasteiger partial charge is 0.355 e. The molecule has 0 radical (unpaired) electrons. The fourth-order valence-corrected chi connectivity index (χ4v) is 1.68. The molecule has 1 rings (SSSR count). The van der Waals surface area contributed by atoms with E-state index in [2.05, 4.69) is 29.5 Å². The van der Waals surface area contributed by atoms with E-state index < -0.39 is 0 Å². The van der Waals surface area contributed by atoms with Crippen LogP contribution in [-0.4, -0.2) is 25.1 Å². The van der Waals surface area contributed by atoms with Gasteiger partial charge in [-0.05, 0) is 13.3 Å². The Balaban J connectivity index is 2.00.